The third-order valence-electron chi connectivity index (χ3n) is 2.67. The average molecular weight is 317 g/mol. The zero-order chi connectivity index (χ0) is 14.8. The van der Waals surface area contributed by atoms with Crippen molar-refractivity contribution >= 4 is 28.6 Å². The second-order valence-electron chi connectivity index (χ2n) is 4.29. The van der Waals surface area contributed by atoms with Gasteiger partial charge in [-0.1, -0.05) is 11.3 Å². The lowest BCUT2D eigenvalue weighted by Crippen LogP contribution is -2.11. The molecule has 2 N–H and O–H groups in total. The lowest BCUT2D eigenvalue weighted by Gasteiger charge is -2.06. The van der Waals surface area contributed by atoms with Crippen LogP contribution < -0.4 is 10.5 Å². The Bertz CT molecular complexity index is 781. The van der Waals surface area contributed by atoms with Gasteiger partial charge in [0.05, 0.1) is 0 Å². The molecule has 0 bridgehead atoms. The molecule has 7 heteroatoms. The van der Waals surface area contributed by atoms with Crippen LogP contribution in [0.15, 0.2) is 36.0 Å². The number of hydrogen-bond donors (Lipinski definition) is 1. The van der Waals surface area contributed by atoms with Gasteiger partial charge >= 0.3 is 0 Å². The molecule has 5 nitrogen and oxygen atoms in total. The van der Waals surface area contributed by atoms with Crippen LogP contribution in [-0.4, -0.2) is 15.9 Å². The summed E-state index contributed by atoms with van der Waals surface area (Å²) in [6.45, 7) is 1.98. The Morgan fingerprint density at radius 2 is 2.14 bits per heavy atom. The largest absolute Gasteiger partial charge is 0.431 e. The number of benzene rings is 1. The zero-order valence-electron chi connectivity index (χ0n) is 11.1. The van der Waals surface area contributed by atoms with E-state index in [4.69, 9.17) is 10.5 Å². The number of thiazole rings is 2. The Labute approximate surface area is 129 Å². The number of aromatic nitrogens is 2. The van der Waals surface area contributed by atoms with E-state index in [1.165, 1.54) is 11.3 Å². The van der Waals surface area contributed by atoms with E-state index < -0.39 is 5.91 Å². The van der Waals surface area contributed by atoms with E-state index in [1.54, 1.807) is 35.9 Å². The van der Waals surface area contributed by atoms with Gasteiger partial charge in [-0.05, 0) is 25.1 Å². The first kappa shape index (κ1) is 13.7. The van der Waals surface area contributed by atoms with E-state index in [2.05, 4.69) is 9.97 Å². The van der Waals surface area contributed by atoms with E-state index in [-0.39, 0.29) is 0 Å². The minimum Gasteiger partial charge on any atom is -0.431 e. The summed E-state index contributed by atoms with van der Waals surface area (Å²) in [5.41, 5.74) is 6.57. The molecule has 3 rings (SSSR count). The maximum absolute atomic E-state index is 11.5. The summed E-state index contributed by atoms with van der Waals surface area (Å²) in [5.74, 6) is 0.0122. The molecule has 0 aliphatic heterocycles. The molecule has 0 aliphatic rings. The van der Waals surface area contributed by atoms with Crippen molar-refractivity contribution in [3.05, 3.63) is 46.4 Å². The van der Waals surface area contributed by atoms with Gasteiger partial charge in [-0.2, -0.15) is 0 Å². The summed E-state index contributed by atoms with van der Waals surface area (Å²) < 4.78 is 5.65. The highest BCUT2D eigenvalue weighted by Crippen LogP contribution is 2.31. The monoisotopic (exact) mass is 317 g/mol. The van der Waals surface area contributed by atoms with Crippen molar-refractivity contribution in [3.63, 3.8) is 0 Å². The lowest BCUT2D eigenvalue weighted by molar-refractivity contribution is 0.1000. The van der Waals surface area contributed by atoms with Crippen LogP contribution in [0.3, 0.4) is 0 Å². The molecule has 2 heterocycles. The number of ether oxygens (including phenoxy) is 1. The van der Waals surface area contributed by atoms with Crippen LogP contribution in [0, 0.1) is 6.92 Å². The van der Waals surface area contributed by atoms with E-state index in [0.29, 0.717) is 16.5 Å². The molecule has 21 heavy (non-hydrogen) atoms. The summed E-state index contributed by atoms with van der Waals surface area (Å²) in [7, 11) is 0. The zero-order valence-corrected chi connectivity index (χ0v) is 12.7. The lowest BCUT2D eigenvalue weighted by atomic mass is 10.1. The van der Waals surface area contributed by atoms with Gasteiger partial charge in [0.25, 0.3) is 5.19 Å². The second kappa shape index (κ2) is 5.63. The summed E-state index contributed by atoms with van der Waals surface area (Å²) >= 11 is 2.92. The van der Waals surface area contributed by atoms with Crippen molar-refractivity contribution in [1.82, 2.24) is 9.97 Å². The highest BCUT2D eigenvalue weighted by molar-refractivity contribution is 7.15. The SMILES string of the molecule is Cc1cnc(-c2cc(Oc3nccs3)cc(C(N)=O)c2)s1. The first-order valence-corrected chi connectivity index (χ1v) is 7.76. The van der Waals surface area contributed by atoms with Crippen molar-refractivity contribution in [2.45, 2.75) is 6.92 Å². The fourth-order valence-electron chi connectivity index (χ4n) is 1.77. The Hall–Kier alpha value is -2.25. The molecule has 3 aromatic rings. The van der Waals surface area contributed by atoms with Crippen LogP contribution in [0.4, 0.5) is 0 Å². The molecule has 0 fully saturated rings. The average Bonchev–Trinajstić information content (AvgIpc) is 3.10. The number of amides is 1. The van der Waals surface area contributed by atoms with Gasteiger partial charge in [0.2, 0.25) is 5.91 Å². The van der Waals surface area contributed by atoms with Gasteiger partial charge in [0, 0.05) is 33.8 Å². The molecule has 0 atom stereocenters. The van der Waals surface area contributed by atoms with Crippen LogP contribution in [0.1, 0.15) is 15.2 Å². The number of nitrogens with zero attached hydrogens (tertiary/aromatic N) is 2. The number of primary amides is 1. The summed E-state index contributed by atoms with van der Waals surface area (Å²) in [6, 6.07) is 5.15. The Morgan fingerprint density at radius 3 is 2.76 bits per heavy atom. The van der Waals surface area contributed by atoms with Gasteiger partial charge in [0.1, 0.15) is 10.8 Å². The maximum Gasteiger partial charge on any atom is 0.278 e. The van der Waals surface area contributed by atoms with Crippen molar-refractivity contribution < 1.29 is 9.53 Å². The van der Waals surface area contributed by atoms with Crippen LogP contribution in [0.2, 0.25) is 0 Å². The van der Waals surface area contributed by atoms with Gasteiger partial charge < -0.3 is 10.5 Å². The van der Waals surface area contributed by atoms with E-state index in [9.17, 15) is 4.79 Å². The Morgan fingerprint density at radius 1 is 1.29 bits per heavy atom. The highest BCUT2D eigenvalue weighted by Gasteiger charge is 2.11. The van der Waals surface area contributed by atoms with Gasteiger partial charge in [-0.3, -0.25) is 4.79 Å². The quantitative estimate of drug-likeness (QED) is 0.799. The molecule has 0 saturated carbocycles. The molecular formula is C14H11N3O2S2. The van der Waals surface area contributed by atoms with E-state index >= 15 is 0 Å². The molecular weight excluding hydrogens is 306 g/mol. The highest BCUT2D eigenvalue weighted by atomic mass is 32.1. The minimum absolute atomic E-state index is 0.381. The van der Waals surface area contributed by atoms with Crippen LogP contribution in [0.5, 0.6) is 10.9 Å². The number of nitrogens with two attached hydrogens (primary N) is 1. The van der Waals surface area contributed by atoms with Gasteiger partial charge in [-0.25, -0.2) is 9.97 Å². The number of aryl methyl sites for hydroxylation is 1. The molecule has 0 spiro atoms. The van der Waals surface area contributed by atoms with Crippen LogP contribution in [0.25, 0.3) is 10.6 Å². The van der Waals surface area contributed by atoms with Crippen LogP contribution in [-0.2, 0) is 0 Å². The smallest absolute Gasteiger partial charge is 0.278 e. The number of hydrogen-bond acceptors (Lipinski definition) is 6. The van der Waals surface area contributed by atoms with Crippen molar-refractivity contribution in [1.29, 1.82) is 0 Å². The second-order valence-corrected chi connectivity index (χ2v) is 6.38. The first-order valence-electron chi connectivity index (χ1n) is 6.07. The summed E-state index contributed by atoms with van der Waals surface area (Å²) in [4.78, 5) is 21.0. The standard InChI is InChI=1S/C14H11N3O2S2/c1-8-7-17-13(21-8)10-4-9(12(15)18)5-11(6-10)19-14-16-2-3-20-14/h2-7H,1H3,(H2,15,18). The van der Waals surface area contributed by atoms with E-state index in [1.807, 2.05) is 18.4 Å². The molecule has 0 aliphatic carbocycles. The molecule has 2 aromatic heterocycles. The van der Waals surface area contributed by atoms with Crippen molar-refractivity contribution in [2.24, 2.45) is 5.73 Å². The predicted octanol–water partition coefficient (Wildman–Crippen LogP) is 3.47. The Balaban J connectivity index is 2.03. The fourth-order valence-corrected chi connectivity index (χ4v) is 3.03. The molecule has 0 radical (unpaired) electrons. The minimum atomic E-state index is -0.505. The van der Waals surface area contributed by atoms with Gasteiger partial charge in [-0.15, -0.1) is 11.3 Å². The van der Waals surface area contributed by atoms with E-state index in [0.717, 1.165) is 15.4 Å². The molecule has 1 aromatic carbocycles. The van der Waals surface area contributed by atoms with Crippen molar-refractivity contribution in [3.8, 4) is 21.5 Å². The van der Waals surface area contributed by atoms with Crippen molar-refractivity contribution in [2.75, 3.05) is 0 Å². The third kappa shape index (κ3) is 3.09. The molecule has 0 unspecified atom stereocenters. The third-order valence-corrected chi connectivity index (χ3v) is 4.28. The molecule has 106 valence electrons. The maximum atomic E-state index is 11.5. The number of carbonyl (C=O) groups excluding carboxylic acids is 1. The predicted molar refractivity (Wildman–Crippen MR) is 83.0 cm³/mol. The first-order chi connectivity index (χ1) is 10.1. The fraction of sp³-hybridized carbons (Fsp3) is 0.0714. The normalized spacial score (nSPS) is 10.5. The molecule has 1 amide bonds. The number of rotatable bonds is 4. The van der Waals surface area contributed by atoms with Gasteiger partial charge in [0.15, 0.2) is 0 Å². The Kier molecular flexibility index (Phi) is 3.68. The summed E-state index contributed by atoms with van der Waals surface area (Å²) in [5, 5.41) is 3.15. The summed E-state index contributed by atoms with van der Waals surface area (Å²) in [6.07, 6.45) is 3.45. The number of carbonyl (C=O) groups is 1. The topological polar surface area (TPSA) is 78.1 Å². The van der Waals surface area contributed by atoms with Crippen LogP contribution >= 0.6 is 22.7 Å². The molecule has 0 saturated heterocycles.